The van der Waals surface area contributed by atoms with Crippen LogP contribution in [-0.2, 0) is 4.79 Å². The normalized spacial score (nSPS) is 19.9. The maximum absolute atomic E-state index is 11.2. The molecular weight excluding hydrogens is 188 g/mol. The Morgan fingerprint density at radius 2 is 1.93 bits per heavy atom. The van der Waals surface area contributed by atoms with Crippen molar-refractivity contribution in [3.05, 3.63) is 0 Å². The Labute approximate surface area is 93.0 Å². The molecule has 1 rings (SSSR count). The Morgan fingerprint density at radius 1 is 1.27 bits per heavy atom. The summed E-state index contributed by atoms with van der Waals surface area (Å²) < 4.78 is 0. The first-order chi connectivity index (χ1) is 7.16. The molecule has 3 nitrogen and oxygen atoms in total. The molecule has 1 aliphatic carbocycles. The van der Waals surface area contributed by atoms with Crippen LogP contribution in [0.15, 0.2) is 0 Å². The molecule has 15 heavy (non-hydrogen) atoms. The molecule has 88 valence electrons. The van der Waals surface area contributed by atoms with Crippen LogP contribution in [0.2, 0.25) is 0 Å². The van der Waals surface area contributed by atoms with E-state index in [-0.39, 0.29) is 11.4 Å². The third-order valence-electron chi connectivity index (χ3n) is 3.23. The van der Waals surface area contributed by atoms with Crippen molar-refractivity contribution in [3.63, 3.8) is 0 Å². The highest BCUT2D eigenvalue weighted by molar-refractivity contribution is 5.75. The molecule has 0 unspecified atom stereocenters. The van der Waals surface area contributed by atoms with Crippen LogP contribution in [0.4, 0.5) is 0 Å². The Morgan fingerprint density at radius 3 is 2.53 bits per heavy atom. The van der Waals surface area contributed by atoms with Crippen molar-refractivity contribution in [2.45, 2.75) is 57.9 Å². The van der Waals surface area contributed by atoms with Crippen LogP contribution in [0, 0.1) is 0 Å². The second-order valence-electron chi connectivity index (χ2n) is 4.75. The minimum atomic E-state index is 0.157. The summed E-state index contributed by atoms with van der Waals surface area (Å²) in [4.78, 5) is 11.2. The van der Waals surface area contributed by atoms with Crippen LogP contribution in [0.1, 0.15) is 52.4 Å². The SMILES string of the molecule is CCNC(=O)CCNC1(C)CCCCC1. The van der Waals surface area contributed by atoms with E-state index >= 15 is 0 Å². The van der Waals surface area contributed by atoms with Gasteiger partial charge in [0.2, 0.25) is 5.91 Å². The van der Waals surface area contributed by atoms with Gasteiger partial charge in [-0.1, -0.05) is 19.3 Å². The van der Waals surface area contributed by atoms with Crippen molar-refractivity contribution in [1.29, 1.82) is 0 Å². The summed E-state index contributed by atoms with van der Waals surface area (Å²) in [5.74, 6) is 0.157. The second kappa shape index (κ2) is 6.11. The lowest BCUT2D eigenvalue weighted by Gasteiger charge is -2.34. The Balaban J connectivity index is 2.15. The van der Waals surface area contributed by atoms with Crippen LogP contribution < -0.4 is 10.6 Å². The van der Waals surface area contributed by atoms with Gasteiger partial charge in [-0.2, -0.15) is 0 Å². The van der Waals surface area contributed by atoms with Gasteiger partial charge in [0.15, 0.2) is 0 Å². The smallest absolute Gasteiger partial charge is 0.221 e. The molecule has 0 aliphatic heterocycles. The van der Waals surface area contributed by atoms with Crippen molar-refractivity contribution >= 4 is 5.91 Å². The molecule has 1 fully saturated rings. The maximum atomic E-state index is 11.2. The average molecular weight is 212 g/mol. The van der Waals surface area contributed by atoms with Gasteiger partial charge in [-0.15, -0.1) is 0 Å². The van der Waals surface area contributed by atoms with Crippen molar-refractivity contribution in [3.8, 4) is 0 Å². The van der Waals surface area contributed by atoms with Gasteiger partial charge in [-0.3, -0.25) is 4.79 Å². The molecule has 0 radical (unpaired) electrons. The molecule has 0 atom stereocenters. The topological polar surface area (TPSA) is 41.1 Å². The van der Waals surface area contributed by atoms with Gasteiger partial charge >= 0.3 is 0 Å². The fourth-order valence-corrected chi connectivity index (χ4v) is 2.27. The first kappa shape index (κ1) is 12.5. The molecule has 0 aromatic heterocycles. The van der Waals surface area contributed by atoms with Crippen LogP contribution in [-0.4, -0.2) is 24.5 Å². The Kier molecular flexibility index (Phi) is 5.09. The number of hydrogen-bond acceptors (Lipinski definition) is 2. The predicted molar refractivity (Wildman–Crippen MR) is 62.8 cm³/mol. The summed E-state index contributed by atoms with van der Waals surface area (Å²) in [5, 5.41) is 6.34. The second-order valence-corrected chi connectivity index (χ2v) is 4.75. The lowest BCUT2D eigenvalue weighted by atomic mass is 9.83. The molecular formula is C12H24N2O. The zero-order valence-electron chi connectivity index (χ0n) is 10.1. The first-order valence-electron chi connectivity index (χ1n) is 6.18. The van der Waals surface area contributed by atoms with Gasteiger partial charge in [-0.25, -0.2) is 0 Å². The van der Waals surface area contributed by atoms with E-state index in [1.165, 1.54) is 32.1 Å². The van der Waals surface area contributed by atoms with Gasteiger partial charge in [-0.05, 0) is 26.7 Å². The van der Waals surface area contributed by atoms with E-state index in [0.29, 0.717) is 6.42 Å². The summed E-state index contributed by atoms with van der Waals surface area (Å²) in [7, 11) is 0. The molecule has 1 amide bonds. The first-order valence-corrected chi connectivity index (χ1v) is 6.18. The van der Waals surface area contributed by atoms with E-state index in [2.05, 4.69) is 17.6 Å². The number of rotatable bonds is 5. The van der Waals surface area contributed by atoms with Crippen molar-refractivity contribution in [2.24, 2.45) is 0 Å². The van der Waals surface area contributed by atoms with Crippen LogP contribution in [0.25, 0.3) is 0 Å². The van der Waals surface area contributed by atoms with E-state index in [4.69, 9.17) is 0 Å². The van der Waals surface area contributed by atoms with Gasteiger partial charge in [0.25, 0.3) is 0 Å². The molecule has 2 N–H and O–H groups in total. The highest BCUT2D eigenvalue weighted by Gasteiger charge is 2.25. The molecule has 1 aliphatic rings. The van der Waals surface area contributed by atoms with E-state index in [9.17, 15) is 4.79 Å². The van der Waals surface area contributed by atoms with Crippen LogP contribution in [0.3, 0.4) is 0 Å². The van der Waals surface area contributed by atoms with E-state index in [0.717, 1.165) is 13.1 Å². The van der Waals surface area contributed by atoms with Gasteiger partial charge < -0.3 is 10.6 Å². The summed E-state index contributed by atoms with van der Waals surface area (Å²) in [6.07, 6.45) is 7.12. The highest BCUT2D eigenvalue weighted by atomic mass is 16.1. The zero-order valence-corrected chi connectivity index (χ0v) is 10.1. The average Bonchev–Trinajstić information content (AvgIpc) is 2.19. The maximum Gasteiger partial charge on any atom is 0.221 e. The van der Waals surface area contributed by atoms with E-state index in [1.54, 1.807) is 0 Å². The third kappa shape index (κ3) is 4.65. The quantitative estimate of drug-likeness (QED) is 0.730. The van der Waals surface area contributed by atoms with E-state index < -0.39 is 0 Å². The lowest BCUT2D eigenvalue weighted by Crippen LogP contribution is -2.45. The van der Waals surface area contributed by atoms with Crippen molar-refractivity contribution < 1.29 is 4.79 Å². The molecule has 0 saturated heterocycles. The van der Waals surface area contributed by atoms with Crippen LogP contribution in [0.5, 0.6) is 0 Å². The number of amides is 1. The van der Waals surface area contributed by atoms with E-state index in [1.807, 2.05) is 6.92 Å². The van der Waals surface area contributed by atoms with Gasteiger partial charge in [0.1, 0.15) is 0 Å². The summed E-state index contributed by atoms with van der Waals surface area (Å²) in [6, 6.07) is 0. The van der Waals surface area contributed by atoms with Crippen molar-refractivity contribution in [2.75, 3.05) is 13.1 Å². The Hall–Kier alpha value is -0.570. The standard InChI is InChI=1S/C12H24N2O/c1-3-13-11(15)7-10-14-12(2)8-5-4-6-9-12/h14H,3-10H2,1-2H3,(H,13,15). The van der Waals surface area contributed by atoms with Crippen LogP contribution >= 0.6 is 0 Å². The number of carbonyl (C=O) groups is 1. The number of hydrogen-bond donors (Lipinski definition) is 2. The molecule has 0 aromatic carbocycles. The number of nitrogens with one attached hydrogen (secondary N) is 2. The lowest BCUT2D eigenvalue weighted by molar-refractivity contribution is -0.120. The minimum absolute atomic E-state index is 0.157. The summed E-state index contributed by atoms with van der Waals surface area (Å²) >= 11 is 0. The summed E-state index contributed by atoms with van der Waals surface area (Å²) in [6.45, 7) is 5.77. The molecule has 0 spiro atoms. The largest absolute Gasteiger partial charge is 0.356 e. The highest BCUT2D eigenvalue weighted by Crippen LogP contribution is 2.27. The molecule has 0 heterocycles. The van der Waals surface area contributed by atoms with Gasteiger partial charge in [0, 0.05) is 25.0 Å². The fourth-order valence-electron chi connectivity index (χ4n) is 2.27. The van der Waals surface area contributed by atoms with Gasteiger partial charge in [0.05, 0.1) is 0 Å². The number of carbonyl (C=O) groups excluding carboxylic acids is 1. The Bertz CT molecular complexity index is 198. The molecule has 3 heteroatoms. The molecule has 0 bridgehead atoms. The fraction of sp³-hybridized carbons (Fsp3) is 0.917. The minimum Gasteiger partial charge on any atom is -0.356 e. The van der Waals surface area contributed by atoms with Crippen molar-refractivity contribution in [1.82, 2.24) is 10.6 Å². The molecule has 1 saturated carbocycles. The monoisotopic (exact) mass is 212 g/mol. The zero-order chi connectivity index (χ0) is 11.1. The predicted octanol–water partition coefficient (Wildman–Crippen LogP) is 1.82. The summed E-state index contributed by atoms with van der Waals surface area (Å²) in [5.41, 5.74) is 0.282. The third-order valence-corrected chi connectivity index (χ3v) is 3.23. The molecule has 0 aromatic rings.